The number of aliphatic hydroxyl groups is 1. The maximum atomic E-state index is 13.9. The molecule has 1 aliphatic carbocycles. The van der Waals surface area contributed by atoms with E-state index >= 15 is 0 Å². The number of nitrogens with one attached hydrogen (secondary N) is 3. The minimum absolute atomic E-state index is 0.0325. The molecule has 38 heavy (non-hydrogen) atoms. The summed E-state index contributed by atoms with van der Waals surface area (Å²) in [6, 6.07) is 3.35. The molecule has 2 aliphatic heterocycles. The molecular formula is C27H33ClN4O6. The quantitative estimate of drug-likeness (QED) is 0.401. The Morgan fingerprint density at radius 3 is 2.74 bits per heavy atom. The van der Waals surface area contributed by atoms with Gasteiger partial charge in [-0.3, -0.25) is 19.2 Å². The van der Waals surface area contributed by atoms with Gasteiger partial charge in [-0.05, 0) is 55.7 Å². The van der Waals surface area contributed by atoms with E-state index < -0.39 is 36.3 Å². The second-order valence-electron chi connectivity index (χ2n) is 10.5. The summed E-state index contributed by atoms with van der Waals surface area (Å²) in [7, 11) is 1.54. The molecule has 0 radical (unpaired) electrons. The number of fused-ring (bicyclic) bond motifs is 2. The van der Waals surface area contributed by atoms with Crippen molar-refractivity contribution in [3.63, 3.8) is 0 Å². The molecule has 0 unspecified atom stereocenters. The van der Waals surface area contributed by atoms with Gasteiger partial charge in [-0.15, -0.1) is 0 Å². The molecule has 3 fully saturated rings. The number of likely N-dealkylation sites (tertiary alicyclic amines) is 1. The van der Waals surface area contributed by atoms with Crippen molar-refractivity contribution in [2.24, 2.45) is 17.8 Å². The first kappa shape index (κ1) is 26.5. The summed E-state index contributed by atoms with van der Waals surface area (Å²) < 4.78 is 5.43. The van der Waals surface area contributed by atoms with Gasteiger partial charge in [-0.1, -0.05) is 24.4 Å². The van der Waals surface area contributed by atoms with Crippen LogP contribution in [0.4, 0.5) is 0 Å². The van der Waals surface area contributed by atoms with Crippen LogP contribution in [0.2, 0.25) is 5.02 Å². The molecule has 2 aromatic rings. The molecule has 3 aliphatic rings. The molecule has 204 valence electrons. The van der Waals surface area contributed by atoms with Crippen molar-refractivity contribution in [3.05, 3.63) is 28.9 Å². The van der Waals surface area contributed by atoms with Gasteiger partial charge < -0.3 is 30.4 Å². The summed E-state index contributed by atoms with van der Waals surface area (Å²) in [6.07, 6.45) is 4.42. The van der Waals surface area contributed by atoms with E-state index in [0.29, 0.717) is 46.9 Å². The Hall–Kier alpha value is -3.11. The molecule has 3 amide bonds. The molecule has 11 heteroatoms. The SMILES string of the molecule is COc1ccc(Cl)c2[nH]c(C(=O)N3C[C@@H]4CCCC[C@@H]4[C@H]3C(=O)N[C@@H](C[C@@H]3CCNC3=O)C(=O)CO)cc12. The number of carbonyl (C=O) groups is 4. The summed E-state index contributed by atoms with van der Waals surface area (Å²) in [6.45, 7) is 0.215. The second kappa shape index (κ2) is 10.9. The largest absolute Gasteiger partial charge is 0.496 e. The van der Waals surface area contributed by atoms with Gasteiger partial charge in [0.15, 0.2) is 5.78 Å². The van der Waals surface area contributed by atoms with E-state index in [-0.39, 0.29) is 30.1 Å². The van der Waals surface area contributed by atoms with E-state index in [9.17, 15) is 24.3 Å². The summed E-state index contributed by atoms with van der Waals surface area (Å²) in [5.41, 5.74) is 0.879. The average Bonchev–Trinajstić information content (AvgIpc) is 3.65. The maximum absolute atomic E-state index is 13.9. The molecule has 0 spiro atoms. The van der Waals surface area contributed by atoms with Crippen LogP contribution < -0.4 is 15.4 Å². The van der Waals surface area contributed by atoms with Crippen molar-refractivity contribution in [1.82, 2.24) is 20.5 Å². The van der Waals surface area contributed by atoms with Crippen LogP contribution in [0.1, 0.15) is 49.0 Å². The zero-order valence-electron chi connectivity index (χ0n) is 21.3. The lowest BCUT2D eigenvalue weighted by Crippen LogP contribution is -2.54. The molecule has 1 saturated carbocycles. The molecule has 5 rings (SSSR count). The fraction of sp³-hybridized carbons (Fsp3) is 0.556. The van der Waals surface area contributed by atoms with Crippen molar-refractivity contribution >= 4 is 46.0 Å². The highest BCUT2D eigenvalue weighted by atomic mass is 35.5. The fourth-order valence-corrected chi connectivity index (χ4v) is 6.63. The van der Waals surface area contributed by atoms with Gasteiger partial charge in [0.1, 0.15) is 24.1 Å². The number of nitrogens with zero attached hydrogens (tertiary/aromatic N) is 1. The first-order valence-electron chi connectivity index (χ1n) is 13.2. The van der Waals surface area contributed by atoms with Gasteiger partial charge in [-0.2, -0.15) is 0 Å². The minimum atomic E-state index is -1.00. The third-order valence-corrected chi connectivity index (χ3v) is 8.68. The highest BCUT2D eigenvalue weighted by molar-refractivity contribution is 6.35. The Morgan fingerprint density at radius 1 is 1.24 bits per heavy atom. The lowest BCUT2D eigenvalue weighted by Gasteiger charge is -2.31. The number of rotatable bonds is 8. The van der Waals surface area contributed by atoms with Crippen molar-refractivity contribution in [2.75, 3.05) is 26.8 Å². The predicted octanol–water partition coefficient (Wildman–Crippen LogP) is 2.03. The fourth-order valence-electron chi connectivity index (χ4n) is 6.42. The van der Waals surface area contributed by atoms with Gasteiger partial charge in [0, 0.05) is 24.4 Å². The Morgan fingerprint density at radius 2 is 2.03 bits per heavy atom. The number of halogens is 1. The number of hydrogen-bond acceptors (Lipinski definition) is 6. The highest BCUT2D eigenvalue weighted by Crippen LogP contribution is 2.42. The van der Waals surface area contributed by atoms with Crippen LogP contribution in [-0.2, 0) is 14.4 Å². The third-order valence-electron chi connectivity index (χ3n) is 8.37. The van der Waals surface area contributed by atoms with Crippen LogP contribution in [-0.4, -0.2) is 77.4 Å². The van der Waals surface area contributed by atoms with Crippen LogP contribution >= 0.6 is 11.6 Å². The van der Waals surface area contributed by atoms with E-state index in [1.165, 1.54) is 0 Å². The van der Waals surface area contributed by atoms with Crippen LogP contribution in [0.3, 0.4) is 0 Å². The number of aromatic nitrogens is 1. The lowest BCUT2D eigenvalue weighted by atomic mass is 9.78. The number of H-pyrrole nitrogens is 1. The zero-order valence-corrected chi connectivity index (χ0v) is 22.1. The standard InChI is InChI=1S/C27H33ClN4O6/c1-38-22-7-6-18(28)23-17(22)11-20(30-23)27(37)32-12-15-4-2-3-5-16(15)24(32)26(36)31-19(21(34)13-33)10-14-8-9-29-25(14)35/h6-7,11,14-16,19,24,30,33H,2-5,8-10,12-13H2,1H3,(H,29,35)(H,31,36)/t14-,15-,16-,19-,24-/m0/s1. The van der Waals surface area contributed by atoms with Gasteiger partial charge in [0.25, 0.3) is 5.91 Å². The molecule has 1 aromatic heterocycles. The number of amides is 3. The number of carbonyl (C=O) groups excluding carboxylic acids is 4. The third kappa shape index (κ3) is 4.87. The summed E-state index contributed by atoms with van der Waals surface area (Å²) in [4.78, 5) is 57.0. The Kier molecular flexibility index (Phi) is 7.63. The lowest BCUT2D eigenvalue weighted by molar-refractivity contribution is -0.133. The predicted molar refractivity (Wildman–Crippen MR) is 140 cm³/mol. The first-order valence-corrected chi connectivity index (χ1v) is 13.6. The molecule has 10 nitrogen and oxygen atoms in total. The Labute approximate surface area is 225 Å². The molecule has 3 heterocycles. The van der Waals surface area contributed by atoms with E-state index in [4.69, 9.17) is 16.3 Å². The molecule has 5 atom stereocenters. The maximum Gasteiger partial charge on any atom is 0.271 e. The minimum Gasteiger partial charge on any atom is -0.496 e. The molecule has 4 N–H and O–H groups in total. The number of Topliss-reactive ketones (excluding diaryl/α,β-unsaturated/α-hetero) is 1. The second-order valence-corrected chi connectivity index (χ2v) is 10.9. The molecule has 0 bridgehead atoms. The monoisotopic (exact) mass is 544 g/mol. The number of ether oxygens (including phenoxy) is 1. The van der Waals surface area contributed by atoms with Gasteiger partial charge >= 0.3 is 0 Å². The number of methoxy groups -OCH3 is 1. The van der Waals surface area contributed by atoms with Crippen LogP contribution in [0.25, 0.3) is 10.9 Å². The Bertz CT molecular complexity index is 1260. The van der Waals surface area contributed by atoms with Crippen molar-refractivity contribution in [1.29, 1.82) is 0 Å². The summed E-state index contributed by atoms with van der Waals surface area (Å²) in [5.74, 6) is -1.15. The van der Waals surface area contributed by atoms with Crippen LogP contribution in [0.5, 0.6) is 5.75 Å². The van der Waals surface area contributed by atoms with E-state index in [2.05, 4.69) is 15.6 Å². The van der Waals surface area contributed by atoms with Gasteiger partial charge in [-0.25, -0.2) is 0 Å². The van der Waals surface area contributed by atoms with Crippen molar-refractivity contribution < 1.29 is 29.0 Å². The zero-order chi connectivity index (χ0) is 27.0. The van der Waals surface area contributed by atoms with E-state index in [1.54, 1.807) is 30.2 Å². The smallest absolute Gasteiger partial charge is 0.271 e. The number of aliphatic hydroxyl groups excluding tert-OH is 1. The van der Waals surface area contributed by atoms with Gasteiger partial charge in [0.2, 0.25) is 11.8 Å². The topological polar surface area (TPSA) is 141 Å². The molecular weight excluding hydrogens is 512 g/mol. The highest BCUT2D eigenvalue weighted by Gasteiger charge is 2.49. The van der Waals surface area contributed by atoms with Crippen LogP contribution in [0.15, 0.2) is 18.2 Å². The van der Waals surface area contributed by atoms with E-state index in [0.717, 1.165) is 25.7 Å². The summed E-state index contributed by atoms with van der Waals surface area (Å²) >= 11 is 6.37. The molecule has 1 aromatic carbocycles. The average molecular weight is 545 g/mol. The van der Waals surface area contributed by atoms with Gasteiger partial charge in [0.05, 0.1) is 23.7 Å². The van der Waals surface area contributed by atoms with E-state index in [1.807, 2.05) is 0 Å². The van der Waals surface area contributed by atoms with Crippen LogP contribution in [0, 0.1) is 17.8 Å². The molecule has 2 saturated heterocycles. The van der Waals surface area contributed by atoms with Crippen molar-refractivity contribution in [2.45, 2.75) is 50.6 Å². The Balaban J connectivity index is 1.43. The number of aromatic amines is 1. The number of benzene rings is 1. The van der Waals surface area contributed by atoms with Crippen molar-refractivity contribution in [3.8, 4) is 5.75 Å². The number of hydrogen-bond donors (Lipinski definition) is 4. The normalized spacial score (nSPS) is 25.7. The first-order chi connectivity index (χ1) is 18.3. The number of ketones is 1. The summed E-state index contributed by atoms with van der Waals surface area (Å²) in [5, 5.41) is 16.2.